The predicted molar refractivity (Wildman–Crippen MR) is 100 cm³/mol. The van der Waals surface area contributed by atoms with Gasteiger partial charge in [-0.1, -0.05) is 44.5 Å². The summed E-state index contributed by atoms with van der Waals surface area (Å²) in [5.74, 6) is 0.500. The number of hydrogen-bond acceptors (Lipinski definition) is 2. The number of carbonyl (C=O) groups is 1. The summed E-state index contributed by atoms with van der Waals surface area (Å²) in [7, 11) is 0. The molecule has 0 saturated carbocycles. The number of anilines is 1. The lowest BCUT2D eigenvalue weighted by Gasteiger charge is -2.23. The van der Waals surface area contributed by atoms with Crippen LogP contribution in [0.2, 0.25) is 5.02 Å². The zero-order chi connectivity index (χ0) is 17.9. The van der Waals surface area contributed by atoms with Gasteiger partial charge in [0.2, 0.25) is 0 Å². The molecule has 0 spiro atoms. The van der Waals surface area contributed by atoms with Crippen LogP contribution in [0.3, 0.4) is 0 Å². The number of benzene rings is 2. The van der Waals surface area contributed by atoms with Crippen LogP contribution < -0.4 is 9.64 Å². The molecule has 2 aromatic rings. The second kappa shape index (κ2) is 7.27. The molecule has 0 fully saturated rings. The summed E-state index contributed by atoms with van der Waals surface area (Å²) in [6.45, 7) is 10.7. The first-order valence-corrected chi connectivity index (χ1v) is 8.46. The summed E-state index contributed by atoms with van der Waals surface area (Å²) < 4.78 is 5.58. The normalized spacial score (nSPS) is 11.2. The molecule has 4 heteroatoms. The molecule has 0 aliphatic heterocycles. The van der Waals surface area contributed by atoms with Gasteiger partial charge >= 0.3 is 6.09 Å². The minimum absolute atomic E-state index is 0.125. The second-order valence-corrected chi connectivity index (χ2v) is 7.25. The van der Waals surface area contributed by atoms with Crippen molar-refractivity contribution >= 4 is 23.4 Å². The zero-order valence-corrected chi connectivity index (χ0v) is 15.6. The molecule has 0 heterocycles. The fourth-order valence-corrected chi connectivity index (χ4v) is 2.91. The lowest BCUT2D eigenvalue weighted by molar-refractivity contribution is 0.208. The van der Waals surface area contributed by atoms with Crippen LogP contribution in [0.5, 0.6) is 5.75 Å². The summed E-state index contributed by atoms with van der Waals surface area (Å²) >= 11 is 6.27. The van der Waals surface area contributed by atoms with Crippen LogP contribution in [-0.4, -0.2) is 12.6 Å². The maximum atomic E-state index is 12.6. The molecule has 0 aliphatic rings. The molecule has 0 aromatic heterocycles. The Kier molecular flexibility index (Phi) is 5.55. The molecule has 0 aliphatic carbocycles. The van der Waals surface area contributed by atoms with Gasteiger partial charge in [0, 0.05) is 17.3 Å². The molecule has 2 aromatic carbocycles. The first kappa shape index (κ1) is 18.3. The van der Waals surface area contributed by atoms with E-state index in [1.807, 2.05) is 44.2 Å². The Morgan fingerprint density at radius 3 is 2.46 bits per heavy atom. The maximum Gasteiger partial charge on any atom is 0.419 e. The van der Waals surface area contributed by atoms with E-state index in [1.54, 1.807) is 17.0 Å². The number of ether oxygens (including phenoxy) is 1. The van der Waals surface area contributed by atoms with E-state index in [0.29, 0.717) is 17.3 Å². The quantitative estimate of drug-likeness (QED) is 0.685. The fourth-order valence-electron chi connectivity index (χ4n) is 2.51. The van der Waals surface area contributed by atoms with Gasteiger partial charge in [0.05, 0.1) is 0 Å². The van der Waals surface area contributed by atoms with Crippen molar-refractivity contribution in [2.45, 2.75) is 40.0 Å². The zero-order valence-electron chi connectivity index (χ0n) is 14.9. The maximum absolute atomic E-state index is 12.6. The molecule has 0 atom stereocenters. The Hall–Kier alpha value is -2.00. The third-order valence-corrected chi connectivity index (χ3v) is 4.13. The number of halogens is 1. The number of nitrogens with zero attached hydrogens (tertiary/aromatic N) is 1. The highest BCUT2D eigenvalue weighted by Gasteiger charge is 2.20. The van der Waals surface area contributed by atoms with E-state index in [-0.39, 0.29) is 5.41 Å². The third-order valence-electron chi connectivity index (χ3n) is 3.80. The predicted octanol–water partition coefficient (Wildman–Crippen LogP) is 5.97. The van der Waals surface area contributed by atoms with Crippen LogP contribution in [0.25, 0.3) is 0 Å². The van der Waals surface area contributed by atoms with Crippen LogP contribution >= 0.6 is 11.6 Å². The minimum atomic E-state index is -0.398. The average molecular weight is 346 g/mol. The number of hydrogen-bond donors (Lipinski definition) is 0. The third kappa shape index (κ3) is 4.30. The van der Waals surface area contributed by atoms with Crippen molar-refractivity contribution in [3.05, 3.63) is 58.6 Å². The summed E-state index contributed by atoms with van der Waals surface area (Å²) in [6, 6.07) is 13.1. The molecule has 0 bridgehead atoms. The van der Waals surface area contributed by atoms with Gasteiger partial charge in [-0.05, 0) is 60.7 Å². The molecule has 1 amide bonds. The van der Waals surface area contributed by atoms with E-state index in [4.69, 9.17) is 16.3 Å². The number of carbonyl (C=O) groups excluding carboxylic acids is 1. The highest BCUT2D eigenvalue weighted by molar-refractivity contribution is 6.31. The largest absolute Gasteiger partial charge is 0.419 e. The minimum Gasteiger partial charge on any atom is -0.410 e. The number of aryl methyl sites for hydroxylation is 1. The number of rotatable bonds is 3. The molecule has 24 heavy (non-hydrogen) atoms. The Labute approximate surface area is 149 Å². The van der Waals surface area contributed by atoms with Crippen molar-refractivity contribution in [2.24, 2.45) is 0 Å². The fraction of sp³-hybridized carbons (Fsp3) is 0.350. The van der Waals surface area contributed by atoms with Crippen LogP contribution in [-0.2, 0) is 5.41 Å². The van der Waals surface area contributed by atoms with Gasteiger partial charge < -0.3 is 4.74 Å². The summed E-state index contributed by atoms with van der Waals surface area (Å²) in [5.41, 5.74) is 2.75. The van der Waals surface area contributed by atoms with E-state index in [9.17, 15) is 4.79 Å². The van der Waals surface area contributed by atoms with Gasteiger partial charge in [-0.15, -0.1) is 0 Å². The van der Waals surface area contributed by atoms with Crippen LogP contribution in [0, 0.1) is 6.92 Å². The highest BCUT2D eigenvalue weighted by Crippen LogP contribution is 2.32. The second-order valence-electron chi connectivity index (χ2n) is 6.84. The van der Waals surface area contributed by atoms with E-state index in [0.717, 1.165) is 16.8 Å². The van der Waals surface area contributed by atoms with Crippen molar-refractivity contribution in [3.63, 3.8) is 0 Å². The van der Waals surface area contributed by atoms with E-state index < -0.39 is 6.09 Å². The monoisotopic (exact) mass is 345 g/mol. The Balaban J connectivity index is 2.25. The Morgan fingerprint density at radius 1 is 1.17 bits per heavy atom. The van der Waals surface area contributed by atoms with E-state index in [1.165, 1.54) is 0 Å². The average Bonchev–Trinajstić information content (AvgIpc) is 2.49. The molecular weight excluding hydrogens is 322 g/mol. The van der Waals surface area contributed by atoms with Crippen LogP contribution in [0.4, 0.5) is 10.5 Å². The summed E-state index contributed by atoms with van der Waals surface area (Å²) in [6.07, 6.45) is -0.398. The van der Waals surface area contributed by atoms with Crippen LogP contribution in [0.15, 0.2) is 42.5 Å². The highest BCUT2D eigenvalue weighted by atomic mass is 35.5. The molecule has 0 unspecified atom stereocenters. The van der Waals surface area contributed by atoms with Gasteiger partial charge in [-0.25, -0.2) is 4.79 Å². The van der Waals surface area contributed by atoms with Crippen LogP contribution in [0.1, 0.15) is 38.8 Å². The molecular formula is C20H24ClNO2. The SMILES string of the molecule is CCN(C(=O)Oc1ccc(Cl)c(C(C)(C)C)c1)c1cccc(C)c1. The van der Waals surface area contributed by atoms with E-state index in [2.05, 4.69) is 20.8 Å². The van der Waals surface area contributed by atoms with Crippen molar-refractivity contribution in [1.82, 2.24) is 0 Å². The lowest BCUT2D eigenvalue weighted by atomic mass is 9.87. The first-order chi connectivity index (χ1) is 11.2. The molecule has 0 saturated heterocycles. The van der Waals surface area contributed by atoms with Crippen molar-refractivity contribution < 1.29 is 9.53 Å². The van der Waals surface area contributed by atoms with Gasteiger partial charge in [-0.2, -0.15) is 0 Å². The van der Waals surface area contributed by atoms with Crippen molar-refractivity contribution in [1.29, 1.82) is 0 Å². The van der Waals surface area contributed by atoms with Crippen molar-refractivity contribution in [2.75, 3.05) is 11.4 Å². The van der Waals surface area contributed by atoms with Gasteiger partial charge in [-0.3, -0.25) is 4.90 Å². The van der Waals surface area contributed by atoms with Gasteiger partial charge in [0.1, 0.15) is 5.75 Å². The Morgan fingerprint density at radius 2 is 1.88 bits per heavy atom. The number of amides is 1. The molecule has 3 nitrogen and oxygen atoms in total. The standard InChI is InChI=1S/C20H24ClNO2/c1-6-22(15-9-7-8-14(2)12-15)19(23)24-16-10-11-18(21)17(13-16)20(3,4)5/h7-13H,6H2,1-5H3. The molecule has 0 N–H and O–H groups in total. The Bertz CT molecular complexity index is 735. The molecule has 0 radical (unpaired) electrons. The topological polar surface area (TPSA) is 29.5 Å². The summed E-state index contributed by atoms with van der Waals surface area (Å²) in [4.78, 5) is 14.2. The van der Waals surface area contributed by atoms with Crippen molar-refractivity contribution in [3.8, 4) is 5.75 Å². The smallest absolute Gasteiger partial charge is 0.410 e. The first-order valence-electron chi connectivity index (χ1n) is 8.08. The lowest BCUT2D eigenvalue weighted by Crippen LogP contribution is -2.33. The molecule has 2 rings (SSSR count). The van der Waals surface area contributed by atoms with E-state index >= 15 is 0 Å². The van der Waals surface area contributed by atoms with Gasteiger partial charge in [0.15, 0.2) is 0 Å². The van der Waals surface area contributed by atoms with Gasteiger partial charge in [0.25, 0.3) is 0 Å². The molecule has 128 valence electrons. The summed E-state index contributed by atoms with van der Waals surface area (Å²) in [5, 5.41) is 0.674.